The second-order valence-corrected chi connectivity index (χ2v) is 8.53. The molecular weight excluding hydrogens is 386 g/mol. The number of carbonyl (C=O) groups is 1. The number of nitrogens with one attached hydrogen (secondary N) is 1. The quantitative estimate of drug-likeness (QED) is 0.563. The van der Waals surface area contributed by atoms with Crippen molar-refractivity contribution >= 4 is 11.7 Å². The van der Waals surface area contributed by atoms with Crippen LogP contribution < -0.4 is 10.1 Å². The summed E-state index contributed by atoms with van der Waals surface area (Å²) >= 11 is 0. The molecule has 2 amide bonds. The SMILES string of the molecule is CCOc1ccc(CN(CCCN2CCCCC2C)C(=O)Nc2cccc(C)c2)cc1. The fourth-order valence-electron chi connectivity index (χ4n) is 4.21. The summed E-state index contributed by atoms with van der Waals surface area (Å²) in [5, 5.41) is 3.08. The first-order valence-electron chi connectivity index (χ1n) is 11.6. The molecular formula is C26H37N3O2. The molecule has 1 aliphatic heterocycles. The van der Waals surface area contributed by atoms with Crippen LogP contribution in [0.2, 0.25) is 0 Å². The van der Waals surface area contributed by atoms with Gasteiger partial charge in [-0.15, -0.1) is 0 Å². The lowest BCUT2D eigenvalue weighted by Gasteiger charge is -2.34. The van der Waals surface area contributed by atoms with Crippen LogP contribution in [-0.4, -0.2) is 48.1 Å². The van der Waals surface area contributed by atoms with Crippen LogP contribution in [0, 0.1) is 6.92 Å². The number of urea groups is 1. The number of anilines is 1. The van der Waals surface area contributed by atoms with Crippen molar-refractivity contribution in [3.8, 4) is 5.75 Å². The van der Waals surface area contributed by atoms with E-state index < -0.39 is 0 Å². The molecule has 0 saturated carbocycles. The molecule has 31 heavy (non-hydrogen) atoms. The van der Waals surface area contributed by atoms with E-state index in [1.54, 1.807) is 0 Å². The number of piperidine rings is 1. The van der Waals surface area contributed by atoms with E-state index in [9.17, 15) is 4.79 Å². The largest absolute Gasteiger partial charge is 0.494 e. The molecule has 0 aromatic heterocycles. The number of carbonyl (C=O) groups excluding carboxylic acids is 1. The van der Waals surface area contributed by atoms with Crippen molar-refractivity contribution in [2.75, 3.05) is 31.6 Å². The standard InChI is InChI=1S/C26H37N3O2/c1-4-31-25-14-12-23(13-15-25)20-29(18-8-17-28-16-6-5-10-22(28)3)26(30)27-24-11-7-9-21(2)19-24/h7,9,11-15,19,22H,4-6,8,10,16-18,20H2,1-3H3,(H,27,30). The normalized spacial score (nSPS) is 16.7. The minimum Gasteiger partial charge on any atom is -0.494 e. The highest BCUT2D eigenvalue weighted by atomic mass is 16.5. The summed E-state index contributed by atoms with van der Waals surface area (Å²) in [6.07, 6.45) is 4.88. The highest BCUT2D eigenvalue weighted by Crippen LogP contribution is 2.18. The number of likely N-dealkylation sites (tertiary alicyclic amines) is 1. The Hall–Kier alpha value is -2.53. The van der Waals surface area contributed by atoms with Gasteiger partial charge in [0.05, 0.1) is 6.61 Å². The maximum Gasteiger partial charge on any atom is 0.322 e. The molecule has 1 aliphatic rings. The maximum absolute atomic E-state index is 13.1. The van der Waals surface area contributed by atoms with Crippen LogP contribution in [0.3, 0.4) is 0 Å². The minimum atomic E-state index is -0.0498. The van der Waals surface area contributed by atoms with Crippen molar-refractivity contribution in [1.82, 2.24) is 9.80 Å². The number of nitrogens with zero attached hydrogens (tertiary/aromatic N) is 2. The van der Waals surface area contributed by atoms with E-state index in [1.807, 2.05) is 67.3 Å². The Morgan fingerprint density at radius 2 is 2.00 bits per heavy atom. The van der Waals surface area contributed by atoms with Gasteiger partial charge >= 0.3 is 6.03 Å². The first kappa shape index (κ1) is 23.1. The van der Waals surface area contributed by atoms with Gasteiger partial charge in [-0.3, -0.25) is 0 Å². The first-order chi connectivity index (χ1) is 15.0. The fraction of sp³-hybridized carbons (Fsp3) is 0.500. The van der Waals surface area contributed by atoms with E-state index in [0.717, 1.165) is 42.1 Å². The van der Waals surface area contributed by atoms with Gasteiger partial charge in [-0.25, -0.2) is 4.79 Å². The number of rotatable bonds is 9. The number of ether oxygens (including phenoxy) is 1. The number of hydrogen-bond acceptors (Lipinski definition) is 3. The van der Waals surface area contributed by atoms with E-state index in [0.29, 0.717) is 19.2 Å². The molecule has 1 saturated heterocycles. The predicted molar refractivity (Wildman–Crippen MR) is 128 cm³/mol. The summed E-state index contributed by atoms with van der Waals surface area (Å²) in [4.78, 5) is 17.6. The third-order valence-electron chi connectivity index (χ3n) is 5.98. The molecule has 2 aromatic rings. The van der Waals surface area contributed by atoms with Gasteiger partial charge in [0.1, 0.15) is 5.75 Å². The Bertz CT molecular complexity index is 822. The second kappa shape index (κ2) is 11.8. The van der Waals surface area contributed by atoms with Crippen molar-refractivity contribution in [2.45, 2.75) is 59.0 Å². The van der Waals surface area contributed by atoms with Gasteiger partial charge in [0, 0.05) is 31.4 Å². The third kappa shape index (κ3) is 7.28. The van der Waals surface area contributed by atoms with E-state index in [4.69, 9.17) is 4.74 Å². The van der Waals surface area contributed by atoms with Crippen LogP contribution in [0.5, 0.6) is 5.75 Å². The number of aryl methyl sites for hydroxylation is 1. The Balaban J connectivity index is 1.63. The van der Waals surface area contributed by atoms with Crippen LogP contribution in [0.25, 0.3) is 0 Å². The molecule has 0 spiro atoms. The van der Waals surface area contributed by atoms with Crippen molar-refractivity contribution in [3.05, 3.63) is 59.7 Å². The Morgan fingerprint density at radius 1 is 1.19 bits per heavy atom. The Labute approximate surface area is 187 Å². The zero-order valence-electron chi connectivity index (χ0n) is 19.3. The summed E-state index contributed by atoms with van der Waals surface area (Å²) in [6.45, 7) is 10.5. The lowest BCUT2D eigenvalue weighted by molar-refractivity contribution is 0.150. The molecule has 5 heteroatoms. The van der Waals surface area contributed by atoms with Crippen molar-refractivity contribution in [1.29, 1.82) is 0 Å². The number of hydrogen-bond donors (Lipinski definition) is 1. The molecule has 0 radical (unpaired) electrons. The third-order valence-corrected chi connectivity index (χ3v) is 5.98. The molecule has 0 aliphatic carbocycles. The molecule has 5 nitrogen and oxygen atoms in total. The lowest BCUT2D eigenvalue weighted by atomic mass is 10.0. The zero-order chi connectivity index (χ0) is 22.1. The summed E-state index contributed by atoms with van der Waals surface area (Å²) in [6, 6.07) is 16.6. The molecule has 3 rings (SSSR count). The highest BCUT2D eigenvalue weighted by molar-refractivity contribution is 5.89. The Morgan fingerprint density at radius 3 is 2.71 bits per heavy atom. The fourth-order valence-corrected chi connectivity index (χ4v) is 4.21. The topological polar surface area (TPSA) is 44.8 Å². The smallest absolute Gasteiger partial charge is 0.322 e. The van der Waals surface area contributed by atoms with Gasteiger partial charge in [-0.2, -0.15) is 0 Å². The molecule has 1 unspecified atom stereocenters. The van der Waals surface area contributed by atoms with Crippen LogP contribution in [0.15, 0.2) is 48.5 Å². The zero-order valence-corrected chi connectivity index (χ0v) is 19.3. The molecule has 1 fully saturated rings. The van der Waals surface area contributed by atoms with Crippen LogP contribution >= 0.6 is 0 Å². The predicted octanol–water partition coefficient (Wildman–Crippen LogP) is 5.69. The van der Waals surface area contributed by atoms with E-state index >= 15 is 0 Å². The molecule has 0 bridgehead atoms. The van der Waals surface area contributed by atoms with E-state index in [2.05, 4.69) is 17.1 Å². The van der Waals surface area contributed by atoms with Crippen LogP contribution in [0.1, 0.15) is 50.7 Å². The number of benzene rings is 2. The first-order valence-corrected chi connectivity index (χ1v) is 11.6. The van der Waals surface area contributed by atoms with Gasteiger partial charge in [0.2, 0.25) is 0 Å². The average molecular weight is 424 g/mol. The van der Waals surface area contributed by atoms with E-state index in [-0.39, 0.29) is 6.03 Å². The number of amides is 2. The van der Waals surface area contributed by atoms with Gasteiger partial charge < -0.3 is 19.9 Å². The van der Waals surface area contributed by atoms with E-state index in [1.165, 1.54) is 25.8 Å². The summed E-state index contributed by atoms with van der Waals surface area (Å²) in [5.74, 6) is 0.862. The van der Waals surface area contributed by atoms with Gasteiger partial charge in [0.25, 0.3) is 0 Å². The van der Waals surface area contributed by atoms with Crippen molar-refractivity contribution in [3.63, 3.8) is 0 Å². The van der Waals surface area contributed by atoms with Gasteiger partial charge in [-0.05, 0) is 82.0 Å². The van der Waals surface area contributed by atoms with Crippen molar-refractivity contribution < 1.29 is 9.53 Å². The molecule has 168 valence electrons. The lowest BCUT2D eigenvalue weighted by Crippen LogP contribution is -2.40. The molecule has 1 heterocycles. The van der Waals surface area contributed by atoms with Crippen molar-refractivity contribution in [2.24, 2.45) is 0 Å². The maximum atomic E-state index is 13.1. The van der Waals surface area contributed by atoms with Crippen LogP contribution in [0.4, 0.5) is 10.5 Å². The second-order valence-electron chi connectivity index (χ2n) is 8.53. The average Bonchev–Trinajstić information content (AvgIpc) is 2.76. The highest BCUT2D eigenvalue weighted by Gasteiger charge is 2.19. The minimum absolute atomic E-state index is 0.0498. The summed E-state index contributed by atoms with van der Waals surface area (Å²) < 4.78 is 5.55. The summed E-state index contributed by atoms with van der Waals surface area (Å²) in [5.41, 5.74) is 3.08. The molecule has 1 atom stereocenters. The Kier molecular flexibility index (Phi) is 8.77. The van der Waals surface area contributed by atoms with Gasteiger partial charge in [-0.1, -0.05) is 30.7 Å². The molecule has 2 aromatic carbocycles. The van der Waals surface area contributed by atoms with Gasteiger partial charge in [0.15, 0.2) is 0 Å². The summed E-state index contributed by atoms with van der Waals surface area (Å²) in [7, 11) is 0. The van der Waals surface area contributed by atoms with Crippen LogP contribution in [-0.2, 0) is 6.54 Å². The molecule has 1 N–H and O–H groups in total. The monoisotopic (exact) mass is 423 g/mol.